The Morgan fingerprint density at radius 2 is 2.22 bits per heavy atom. The lowest BCUT2D eigenvalue weighted by atomic mass is 10.1. The van der Waals surface area contributed by atoms with Crippen LogP contribution in [0.3, 0.4) is 0 Å². The summed E-state index contributed by atoms with van der Waals surface area (Å²) in [5.74, 6) is 0.385. The Bertz CT molecular complexity index is 977. The van der Waals surface area contributed by atoms with Gasteiger partial charge in [0.2, 0.25) is 0 Å². The van der Waals surface area contributed by atoms with Crippen LogP contribution in [-0.4, -0.2) is 34.2 Å². The van der Waals surface area contributed by atoms with Gasteiger partial charge in [0, 0.05) is 36.7 Å². The normalized spacial score (nSPS) is 16.7. The van der Waals surface area contributed by atoms with Crippen molar-refractivity contribution in [3.8, 4) is 0 Å². The Labute approximate surface area is 154 Å². The highest BCUT2D eigenvalue weighted by Crippen LogP contribution is 2.26. The van der Waals surface area contributed by atoms with Crippen molar-refractivity contribution in [1.82, 2.24) is 20.4 Å². The minimum Gasteiger partial charge on any atom is -0.368 e. The standard InChI is InChI=1S/C19H19FN4O3/c1-11-9-14(13-5-4-12(20)10-15(13)22-11)18(25)21-7-6-17-23-19(27-24-17)16-3-2-8-26-16/h4-5,9-10,16H,2-3,6-8H2,1H3,(H,21,25)/t16-/m1/s1. The first-order chi connectivity index (χ1) is 13.1. The molecule has 1 aliphatic heterocycles. The Balaban J connectivity index is 1.42. The number of aromatic nitrogens is 3. The average molecular weight is 370 g/mol. The molecule has 1 atom stereocenters. The van der Waals surface area contributed by atoms with Gasteiger partial charge in [-0.05, 0) is 38.0 Å². The zero-order valence-electron chi connectivity index (χ0n) is 14.9. The highest BCUT2D eigenvalue weighted by Gasteiger charge is 2.23. The SMILES string of the molecule is Cc1cc(C(=O)NCCc2noc([C@H]3CCCO3)n2)c2ccc(F)cc2n1. The number of carbonyl (C=O) groups is 1. The van der Waals surface area contributed by atoms with Crippen LogP contribution in [0.25, 0.3) is 10.9 Å². The number of hydrogen-bond acceptors (Lipinski definition) is 6. The monoisotopic (exact) mass is 370 g/mol. The minimum absolute atomic E-state index is 0.118. The first-order valence-corrected chi connectivity index (χ1v) is 8.89. The molecule has 1 amide bonds. The highest BCUT2D eigenvalue weighted by molar-refractivity contribution is 6.06. The zero-order valence-corrected chi connectivity index (χ0v) is 14.9. The van der Waals surface area contributed by atoms with Gasteiger partial charge in [0.25, 0.3) is 11.8 Å². The first-order valence-electron chi connectivity index (χ1n) is 8.89. The Morgan fingerprint density at radius 1 is 1.33 bits per heavy atom. The Kier molecular flexibility index (Phi) is 4.81. The van der Waals surface area contributed by atoms with Crippen LogP contribution in [0.15, 0.2) is 28.8 Å². The number of amides is 1. The number of ether oxygens (including phenoxy) is 1. The van der Waals surface area contributed by atoms with Gasteiger partial charge < -0.3 is 14.6 Å². The number of carbonyl (C=O) groups excluding carboxylic acids is 1. The van der Waals surface area contributed by atoms with E-state index < -0.39 is 0 Å². The molecule has 1 aliphatic rings. The molecule has 0 unspecified atom stereocenters. The molecular weight excluding hydrogens is 351 g/mol. The maximum absolute atomic E-state index is 13.4. The second-order valence-electron chi connectivity index (χ2n) is 6.53. The fourth-order valence-electron chi connectivity index (χ4n) is 3.18. The molecule has 1 aromatic carbocycles. The average Bonchev–Trinajstić information content (AvgIpc) is 3.32. The molecule has 3 aromatic rings. The van der Waals surface area contributed by atoms with Gasteiger partial charge in [-0.3, -0.25) is 9.78 Å². The summed E-state index contributed by atoms with van der Waals surface area (Å²) >= 11 is 0. The summed E-state index contributed by atoms with van der Waals surface area (Å²) in [4.78, 5) is 21.2. The van der Waals surface area contributed by atoms with E-state index in [2.05, 4.69) is 20.4 Å². The molecule has 27 heavy (non-hydrogen) atoms. The molecular formula is C19H19FN4O3. The third-order valence-electron chi connectivity index (χ3n) is 4.47. The molecule has 0 bridgehead atoms. The van der Waals surface area contributed by atoms with Gasteiger partial charge in [0.15, 0.2) is 5.82 Å². The van der Waals surface area contributed by atoms with E-state index >= 15 is 0 Å². The smallest absolute Gasteiger partial charge is 0.255 e. The van der Waals surface area contributed by atoms with E-state index in [-0.39, 0.29) is 17.8 Å². The van der Waals surface area contributed by atoms with Crippen LogP contribution >= 0.6 is 0 Å². The number of nitrogens with one attached hydrogen (secondary N) is 1. The van der Waals surface area contributed by atoms with Crippen molar-refractivity contribution in [3.05, 3.63) is 53.1 Å². The molecule has 140 valence electrons. The summed E-state index contributed by atoms with van der Waals surface area (Å²) in [5.41, 5.74) is 1.57. The lowest BCUT2D eigenvalue weighted by molar-refractivity contribution is 0.0835. The van der Waals surface area contributed by atoms with Gasteiger partial charge in [0.1, 0.15) is 11.9 Å². The van der Waals surface area contributed by atoms with Crippen LogP contribution in [-0.2, 0) is 11.2 Å². The maximum Gasteiger partial charge on any atom is 0.255 e. The number of benzene rings is 1. The first kappa shape index (κ1) is 17.5. The van der Waals surface area contributed by atoms with E-state index in [4.69, 9.17) is 9.26 Å². The summed E-state index contributed by atoms with van der Waals surface area (Å²) in [6, 6.07) is 5.91. The lowest BCUT2D eigenvalue weighted by Crippen LogP contribution is -2.26. The second kappa shape index (κ2) is 7.40. The van der Waals surface area contributed by atoms with Gasteiger partial charge >= 0.3 is 0 Å². The maximum atomic E-state index is 13.4. The van der Waals surface area contributed by atoms with Gasteiger partial charge in [-0.15, -0.1) is 0 Å². The summed E-state index contributed by atoms with van der Waals surface area (Å²) in [5, 5.41) is 7.39. The van der Waals surface area contributed by atoms with E-state index in [1.165, 1.54) is 12.1 Å². The third kappa shape index (κ3) is 3.80. The van der Waals surface area contributed by atoms with E-state index in [1.807, 2.05) is 0 Å². The van der Waals surface area contributed by atoms with Crippen LogP contribution < -0.4 is 5.32 Å². The number of hydrogen-bond donors (Lipinski definition) is 1. The highest BCUT2D eigenvalue weighted by atomic mass is 19.1. The Morgan fingerprint density at radius 3 is 3.04 bits per heavy atom. The van der Waals surface area contributed by atoms with E-state index in [1.54, 1.807) is 19.1 Å². The fourth-order valence-corrected chi connectivity index (χ4v) is 3.18. The summed E-state index contributed by atoms with van der Waals surface area (Å²) < 4.78 is 24.2. The van der Waals surface area contributed by atoms with Gasteiger partial charge in [0.05, 0.1) is 11.1 Å². The molecule has 1 saturated heterocycles. The predicted octanol–water partition coefficient (Wildman–Crippen LogP) is 2.89. The molecule has 0 saturated carbocycles. The molecule has 2 aromatic heterocycles. The van der Waals surface area contributed by atoms with Crippen molar-refractivity contribution < 1.29 is 18.4 Å². The van der Waals surface area contributed by atoms with Crippen molar-refractivity contribution in [2.75, 3.05) is 13.2 Å². The van der Waals surface area contributed by atoms with Gasteiger partial charge in [-0.1, -0.05) is 5.16 Å². The van der Waals surface area contributed by atoms with Crippen molar-refractivity contribution in [3.63, 3.8) is 0 Å². The number of aryl methyl sites for hydroxylation is 1. The largest absolute Gasteiger partial charge is 0.368 e. The molecule has 0 spiro atoms. The topological polar surface area (TPSA) is 90.1 Å². The Hall–Kier alpha value is -2.87. The van der Waals surface area contributed by atoms with Crippen molar-refractivity contribution in [2.24, 2.45) is 0 Å². The number of nitrogens with zero attached hydrogens (tertiary/aromatic N) is 3. The second-order valence-corrected chi connectivity index (χ2v) is 6.53. The number of pyridine rings is 1. The van der Waals surface area contributed by atoms with Crippen molar-refractivity contribution in [2.45, 2.75) is 32.3 Å². The molecule has 0 aliphatic carbocycles. The van der Waals surface area contributed by atoms with Crippen LogP contribution in [0.2, 0.25) is 0 Å². The molecule has 4 rings (SSSR count). The van der Waals surface area contributed by atoms with Crippen LogP contribution in [0, 0.1) is 12.7 Å². The molecule has 8 heteroatoms. The molecule has 1 fully saturated rings. The third-order valence-corrected chi connectivity index (χ3v) is 4.47. The molecule has 3 heterocycles. The quantitative estimate of drug-likeness (QED) is 0.743. The van der Waals surface area contributed by atoms with E-state index in [0.717, 1.165) is 12.8 Å². The number of rotatable bonds is 5. The number of fused-ring (bicyclic) bond motifs is 1. The minimum atomic E-state index is -0.383. The van der Waals surface area contributed by atoms with Crippen LogP contribution in [0.1, 0.15) is 46.7 Å². The van der Waals surface area contributed by atoms with Crippen molar-refractivity contribution >= 4 is 16.8 Å². The zero-order chi connectivity index (χ0) is 18.8. The van der Waals surface area contributed by atoms with Crippen LogP contribution in [0.5, 0.6) is 0 Å². The lowest BCUT2D eigenvalue weighted by Gasteiger charge is -2.08. The van der Waals surface area contributed by atoms with E-state index in [0.29, 0.717) is 53.4 Å². The van der Waals surface area contributed by atoms with E-state index in [9.17, 15) is 9.18 Å². The summed E-state index contributed by atoms with van der Waals surface area (Å²) in [7, 11) is 0. The summed E-state index contributed by atoms with van der Waals surface area (Å²) in [6.45, 7) is 2.84. The molecule has 1 N–H and O–H groups in total. The fraction of sp³-hybridized carbons (Fsp3) is 0.368. The predicted molar refractivity (Wildman–Crippen MR) is 94.7 cm³/mol. The number of halogens is 1. The van der Waals surface area contributed by atoms with Crippen molar-refractivity contribution in [1.29, 1.82) is 0 Å². The molecule has 7 nitrogen and oxygen atoms in total. The van der Waals surface area contributed by atoms with Gasteiger partial charge in [-0.2, -0.15) is 4.98 Å². The summed E-state index contributed by atoms with van der Waals surface area (Å²) in [6.07, 6.45) is 2.20. The van der Waals surface area contributed by atoms with Gasteiger partial charge in [-0.25, -0.2) is 4.39 Å². The molecule has 0 radical (unpaired) electrons. The van der Waals surface area contributed by atoms with Crippen LogP contribution in [0.4, 0.5) is 4.39 Å².